The van der Waals surface area contributed by atoms with Gasteiger partial charge in [0.25, 0.3) is 0 Å². The number of pyridine rings is 1. The van der Waals surface area contributed by atoms with Gasteiger partial charge < -0.3 is 11.1 Å². The number of benzene rings is 2. The molecule has 3 N–H and O–H groups in total. The molecule has 3 rings (SSSR count). The Morgan fingerprint density at radius 2 is 1.67 bits per heavy atom. The highest BCUT2D eigenvalue weighted by atomic mass is 19.2. The van der Waals surface area contributed by atoms with Gasteiger partial charge in [-0.1, -0.05) is 6.07 Å². The van der Waals surface area contributed by atoms with Gasteiger partial charge in [0.1, 0.15) is 0 Å². The van der Waals surface area contributed by atoms with E-state index in [0.717, 1.165) is 22.9 Å². The molecular formula is C15H10F3N3. The number of nitrogen functional groups attached to an aromatic ring is 1. The smallest absolute Gasteiger partial charge is 0.196 e. The third kappa shape index (κ3) is 2.24. The van der Waals surface area contributed by atoms with Crippen LogP contribution in [0.5, 0.6) is 0 Å². The number of hydrogen-bond donors (Lipinski definition) is 2. The zero-order valence-corrected chi connectivity index (χ0v) is 10.7. The van der Waals surface area contributed by atoms with Crippen LogP contribution in [0.1, 0.15) is 0 Å². The first kappa shape index (κ1) is 13.2. The molecule has 0 aliphatic rings. The van der Waals surface area contributed by atoms with Crippen molar-refractivity contribution in [2.24, 2.45) is 0 Å². The number of hydrogen-bond acceptors (Lipinski definition) is 3. The number of aromatic nitrogens is 1. The molecule has 106 valence electrons. The highest BCUT2D eigenvalue weighted by Gasteiger charge is 2.14. The minimum absolute atomic E-state index is 0.186. The van der Waals surface area contributed by atoms with E-state index in [1.165, 1.54) is 0 Å². The lowest BCUT2D eigenvalue weighted by molar-refractivity contribution is 0.449. The van der Waals surface area contributed by atoms with Crippen molar-refractivity contribution < 1.29 is 13.2 Å². The van der Waals surface area contributed by atoms with Gasteiger partial charge in [0.15, 0.2) is 17.5 Å². The Morgan fingerprint density at radius 3 is 2.48 bits per heavy atom. The third-order valence-corrected chi connectivity index (χ3v) is 3.17. The van der Waals surface area contributed by atoms with E-state index >= 15 is 0 Å². The molecule has 0 spiro atoms. The van der Waals surface area contributed by atoms with Crippen molar-refractivity contribution in [3.8, 4) is 0 Å². The minimum atomic E-state index is -1.52. The number of nitrogens with one attached hydrogen (secondary N) is 1. The Hall–Kier alpha value is -2.76. The molecule has 0 saturated heterocycles. The second-order valence-corrected chi connectivity index (χ2v) is 4.47. The zero-order valence-electron chi connectivity index (χ0n) is 10.7. The Morgan fingerprint density at radius 1 is 0.905 bits per heavy atom. The molecule has 0 bridgehead atoms. The SMILES string of the molecule is Nc1c(Nc2ccc(F)c(F)c2F)ccc2cnccc12. The molecule has 0 atom stereocenters. The molecule has 0 aliphatic heterocycles. The zero-order chi connectivity index (χ0) is 15.0. The molecule has 6 heteroatoms. The number of nitrogens with two attached hydrogens (primary N) is 1. The molecule has 3 aromatic rings. The lowest BCUT2D eigenvalue weighted by Gasteiger charge is -2.12. The second-order valence-electron chi connectivity index (χ2n) is 4.47. The molecule has 0 fully saturated rings. The lowest BCUT2D eigenvalue weighted by Crippen LogP contribution is -2.01. The van der Waals surface area contributed by atoms with E-state index < -0.39 is 17.5 Å². The van der Waals surface area contributed by atoms with Gasteiger partial charge in [0.2, 0.25) is 0 Å². The van der Waals surface area contributed by atoms with E-state index in [0.29, 0.717) is 11.4 Å². The van der Waals surface area contributed by atoms with Gasteiger partial charge in [-0.3, -0.25) is 4.98 Å². The Labute approximate surface area is 118 Å². The highest BCUT2D eigenvalue weighted by molar-refractivity contribution is 5.99. The summed E-state index contributed by atoms with van der Waals surface area (Å²) >= 11 is 0. The fraction of sp³-hybridized carbons (Fsp3) is 0. The van der Waals surface area contributed by atoms with Gasteiger partial charge >= 0.3 is 0 Å². The topological polar surface area (TPSA) is 50.9 Å². The fourth-order valence-corrected chi connectivity index (χ4v) is 2.07. The first-order valence-electron chi connectivity index (χ1n) is 6.10. The normalized spacial score (nSPS) is 10.8. The Kier molecular flexibility index (Phi) is 3.13. The molecule has 21 heavy (non-hydrogen) atoms. The first-order valence-corrected chi connectivity index (χ1v) is 6.10. The molecule has 0 radical (unpaired) electrons. The summed E-state index contributed by atoms with van der Waals surface area (Å²) in [5, 5.41) is 4.23. The van der Waals surface area contributed by atoms with Gasteiger partial charge in [-0.2, -0.15) is 0 Å². The molecule has 0 amide bonds. The average Bonchev–Trinajstić information content (AvgIpc) is 2.50. The van der Waals surface area contributed by atoms with Crippen LogP contribution in [0.3, 0.4) is 0 Å². The van der Waals surface area contributed by atoms with E-state index in [1.807, 2.05) is 0 Å². The largest absolute Gasteiger partial charge is 0.397 e. The number of fused-ring (bicyclic) bond motifs is 1. The Balaban J connectivity index is 2.06. The first-order chi connectivity index (χ1) is 10.1. The summed E-state index contributed by atoms with van der Waals surface area (Å²) in [5.41, 5.74) is 6.59. The van der Waals surface area contributed by atoms with E-state index in [9.17, 15) is 13.2 Å². The highest BCUT2D eigenvalue weighted by Crippen LogP contribution is 2.31. The summed E-state index contributed by atoms with van der Waals surface area (Å²) in [6, 6.07) is 7.06. The van der Waals surface area contributed by atoms with Crippen LogP contribution in [0.15, 0.2) is 42.7 Å². The van der Waals surface area contributed by atoms with Gasteiger partial charge in [-0.15, -0.1) is 0 Å². The maximum Gasteiger partial charge on any atom is 0.196 e. The van der Waals surface area contributed by atoms with Gasteiger partial charge in [-0.05, 0) is 24.3 Å². The quantitative estimate of drug-likeness (QED) is 0.554. The van der Waals surface area contributed by atoms with Crippen LogP contribution in [0.25, 0.3) is 10.8 Å². The van der Waals surface area contributed by atoms with E-state index in [1.54, 1.807) is 30.6 Å². The summed E-state index contributed by atoms with van der Waals surface area (Å²) in [4.78, 5) is 3.98. The van der Waals surface area contributed by atoms with Crippen LogP contribution >= 0.6 is 0 Å². The standard InChI is InChI=1S/C15H10F3N3/c16-10-2-4-11(14(18)13(10)17)21-12-3-1-8-7-20-6-5-9(8)15(12)19/h1-7,21H,19H2. The maximum absolute atomic E-state index is 13.7. The fourth-order valence-electron chi connectivity index (χ4n) is 2.07. The molecule has 0 unspecified atom stereocenters. The van der Waals surface area contributed by atoms with Crippen LogP contribution in [-0.4, -0.2) is 4.98 Å². The number of halogens is 3. The predicted molar refractivity (Wildman–Crippen MR) is 75.8 cm³/mol. The van der Waals surface area contributed by atoms with Crippen LogP contribution in [0.4, 0.5) is 30.2 Å². The van der Waals surface area contributed by atoms with E-state index in [4.69, 9.17) is 5.73 Å². The Bertz CT molecular complexity index is 834. The second kappa shape index (κ2) is 4.97. The molecule has 2 aromatic carbocycles. The van der Waals surface area contributed by atoms with Crippen molar-refractivity contribution in [2.45, 2.75) is 0 Å². The van der Waals surface area contributed by atoms with E-state index in [-0.39, 0.29) is 5.69 Å². The summed E-state index contributed by atoms with van der Waals surface area (Å²) in [7, 11) is 0. The molecule has 1 aromatic heterocycles. The van der Waals surface area contributed by atoms with Crippen LogP contribution in [0, 0.1) is 17.5 Å². The predicted octanol–water partition coefficient (Wildman–Crippen LogP) is 3.98. The number of anilines is 3. The van der Waals surface area contributed by atoms with Crippen molar-refractivity contribution in [3.63, 3.8) is 0 Å². The lowest BCUT2D eigenvalue weighted by atomic mass is 10.1. The molecule has 0 aliphatic carbocycles. The molecule has 3 nitrogen and oxygen atoms in total. The van der Waals surface area contributed by atoms with Gasteiger partial charge in [0, 0.05) is 23.2 Å². The number of nitrogens with zero attached hydrogens (tertiary/aromatic N) is 1. The average molecular weight is 289 g/mol. The monoisotopic (exact) mass is 289 g/mol. The molecule has 1 heterocycles. The van der Waals surface area contributed by atoms with E-state index in [2.05, 4.69) is 10.3 Å². The van der Waals surface area contributed by atoms with Crippen molar-refractivity contribution in [3.05, 3.63) is 60.2 Å². The van der Waals surface area contributed by atoms with Crippen molar-refractivity contribution in [1.82, 2.24) is 4.98 Å². The minimum Gasteiger partial charge on any atom is -0.397 e. The third-order valence-electron chi connectivity index (χ3n) is 3.17. The number of rotatable bonds is 2. The van der Waals surface area contributed by atoms with Crippen LogP contribution in [-0.2, 0) is 0 Å². The summed E-state index contributed by atoms with van der Waals surface area (Å²) in [5.74, 6) is -4.05. The molecule has 0 saturated carbocycles. The molecular weight excluding hydrogens is 279 g/mol. The van der Waals surface area contributed by atoms with Crippen LogP contribution in [0.2, 0.25) is 0 Å². The van der Waals surface area contributed by atoms with Crippen LogP contribution < -0.4 is 11.1 Å². The summed E-state index contributed by atoms with van der Waals surface area (Å²) in [6.45, 7) is 0. The van der Waals surface area contributed by atoms with Crippen molar-refractivity contribution >= 4 is 27.8 Å². The maximum atomic E-state index is 13.7. The summed E-state index contributed by atoms with van der Waals surface area (Å²) < 4.78 is 39.8. The van der Waals surface area contributed by atoms with Crippen molar-refractivity contribution in [2.75, 3.05) is 11.1 Å². The summed E-state index contributed by atoms with van der Waals surface area (Å²) in [6.07, 6.45) is 3.23. The van der Waals surface area contributed by atoms with Gasteiger partial charge in [-0.25, -0.2) is 13.2 Å². The van der Waals surface area contributed by atoms with Gasteiger partial charge in [0.05, 0.1) is 17.1 Å². The van der Waals surface area contributed by atoms with Crippen molar-refractivity contribution in [1.29, 1.82) is 0 Å².